The van der Waals surface area contributed by atoms with E-state index in [1.807, 2.05) is 21.6 Å². The Morgan fingerprint density at radius 2 is 0.839 bits per heavy atom. The lowest BCUT2D eigenvalue weighted by Gasteiger charge is -2.34. The van der Waals surface area contributed by atoms with Crippen molar-refractivity contribution < 1.29 is 10.2 Å². The molecule has 1 aliphatic heterocycles. The van der Waals surface area contributed by atoms with Crippen molar-refractivity contribution in [1.82, 2.24) is 14.7 Å². The zero-order valence-electron chi connectivity index (χ0n) is 37.8. The minimum Gasteiger partial charge on any atom is -0.392 e. The van der Waals surface area contributed by atoms with Gasteiger partial charge in [-0.05, 0) is 96.6 Å². The third-order valence-corrected chi connectivity index (χ3v) is 14.0. The van der Waals surface area contributed by atoms with Crippen molar-refractivity contribution >= 4 is 21.6 Å². The largest absolute Gasteiger partial charge is 0.392 e. The number of hydrogen-bond acceptors (Lipinski definition) is 7. The minimum atomic E-state index is -0.290. The van der Waals surface area contributed by atoms with Crippen LogP contribution in [0.15, 0.2) is 24.3 Å². The van der Waals surface area contributed by atoms with Gasteiger partial charge in [0.25, 0.3) is 0 Å². The first-order chi connectivity index (χ1) is 27.6. The molecule has 332 valence electrons. The molecule has 0 radical (unpaired) electrons. The zero-order chi connectivity index (χ0) is 40.4. The number of aliphatic hydroxyl groups excluding tert-OH is 2. The quantitative estimate of drug-likeness (QED) is 0.0361. The van der Waals surface area contributed by atoms with Gasteiger partial charge in [-0.15, -0.1) is 0 Å². The normalized spacial score (nSPS) is 15.6. The topological polar surface area (TPSA) is 50.2 Å². The molecule has 0 aromatic rings. The van der Waals surface area contributed by atoms with Gasteiger partial charge in [-0.2, -0.15) is 0 Å². The van der Waals surface area contributed by atoms with Crippen LogP contribution in [-0.2, 0) is 0 Å². The van der Waals surface area contributed by atoms with Crippen LogP contribution < -0.4 is 0 Å². The Morgan fingerprint density at radius 3 is 1.29 bits per heavy atom. The Labute approximate surface area is 358 Å². The predicted octanol–water partition coefficient (Wildman–Crippen LogP) is 13.5. The smallest absolute Gasteiger partial charge is 0.0667 e. The molecule has 0 spiro atoms. The van der Waals surface area contributed by atoms with Gasteiger partial charge in [0.1, 0.15) is 0 Å². The maximum absolute atomic E-state index is 11.0. The monoisotopic (exact) mass is 824 g/mol. The lowest BCUT2D eigenvalue weighted by Crippen LogP contribution is -2.47. The highest BCUT2D eigenvalue weighted by Crippen LogP contribution is 2.23. The van der Waals surface area contributed by atoms with Gasteiger partial charge in [0, 0.05) is 57.3 Å². The zero-order valence-corrected chi connectivity index (χ0v) is 39.4. The van der Waals surface area contributed by atoms with Gasteiger partial charge in [0.05, 0.1) is 12.2 Å². The second kappa shape index (κ2) is 43.1. The molecule has 5 nitrogen and oxygen atoms in total. The molecular formula is C49H97N3O2S2. The lowest BCUT2D eigenvalue weighted by atomic mass is 10.1. The Morgan fingerprint density at radius 1 is 0.446 bits per heavy atom. The van der Waals surface area contributed by atoms with Crippen LogP contribution in [0.25, 0.3) is 0 Å². The van der Waals surface area contributed by atoms with E-state index in [2.05, 4.69) is 59.8 Å². The van der Waals surface area contributed by atoms with Crippen molar-refractivity contribution in [3.8, 4) is 0 Å². The van der Waals surface area contributed by atoms with Gasteiger partial charge < -0.3 is 15.1 Å². The first kappa shape index (κ1) is 54.0. The third kappa shape index (κ3) is 37.0. The second-order valence-corrected chi connectivity index (χ2v) is 19.8. The third-order valence-electron chi connectivity index (χ3n) is 11.6. The molecule has 2 atom stereocenters. The number of unbranched alkanes of at least 4 members (excludes halogenated alkanes) is 21. The van der Waals surface area contributed by atoms with E-state index in [4.69, 9.17) is 0 Å². The number of aliphatic hydroxyl groups is 2. The van der Waals surface area contributed by atoms with E-state index < -0.39 is 0 Å². The van der Waals surface area contributed by atoms with Gasteiger partial charge in [-0.3, -0.25) is 9.80 Å². The lowest BCUT2D eigenvalue weighted by molar-refractivity contribution is 0.0599. The van der Waals surface area contributed by atoms with E-state index in [1.54, 1.807) is 0 Å². The van der Waals surface area contributed by atoms with Crippen LogP contribution >= 0.6 is 21.6 Å². The Hall–Kier alpha value is -0.0200. The van der Waals surface area contributed by atoms with Gasteiger partial charge in [0.2, 0.25) is 0 Å². The molecule has 1 rings (SSSR count). The molecule has 1 heterocycles. The number of rotatable bonds is 43. The molecule has 0 bridgehead atoms. The molecule has 1 fully saturated rings. The first-order valence-corrected chi connectivity index (χ1v) is 27.1. The molecule has 2 unspecified atom stereocenters. The highest BCUT2D eigenvalue weighted by atomic mass is 33.1. The molecule has 0 saturated carbocycles. The van der Waals surface area contributed by atoms with Crippen LogP contribution in [0.3, 0.4) is 0 Å². The van der Waals surface area contributed by atoms with Crippen LogP contribution in [0, 0.1) is 0 Å². The summed E-state index contributed by atoms with van der Waals surface area (Å²) in [5.74, 6) is 2.41. The molecule has 1 saturated heterocycles. The second-order valence-electron chi connectivity index (χ2n) is 17.1. The van der Waals surface area contributed by atoms with Crippen LogP contribution in [0.2, 0.25) is 0 Å². The average molecular weight is 824 g/mol. The number of piperazine rings is 1. The minimum absolute atomic E-state index is 0.290. The number of allylic oxidation sites excluding steroid dienone is 4. The highest BCUT2D eigenvalue weighted by molar-refractivity contribution is 8.76. The number of nitrogens with zero attached hydrogens (tertiary/aromatic N) is 3. The van der Waals surface area contributed by atoms with Crippen LogP contribution in [0.5, 0.6) is 0 Å². The summed E-state index contributed by atoms with van der Waals surface area (Å²) in [7, 11) is 4.08. The fraction of sp³-hybridized carbons (Fsp3) is 0.918. The molecule has 0 aromatic heterocycles. The maximum Gasteiger partial charge on any atom is 0.0667 e. The van der Waals surface area contributed by atoms with E-state index in [-0.39, 0.29) is 12.2 Å². The Bertz CT molecular complexity index is 792. The Balaban J connectivity index is 2.26. The van der Waals surface area contributed by atoms with Gasteiger partial charge in [-0.1, -0.05) is 169 Å². The summed E-state index contributed by atoms with van der Waals surface area (Å²) >= 11 is 0. The fourth-order valence-corrected chi connectivity index (χ4v) is 10.1. The van der Waals surface area contributed by atoms with Gasteiger partial charge in [-0.25, -0.2) is 0 Å². The summed E-state index contributed by atoms with van der Waals surface area (Å²) in [5, 5.41) is 22.1. The molecular weight excluding hydrogens is 727 g/mol. The van der Waals surface area contributed by atoms with Crippen LogP contribution in [0.1, 0.15) is 207 Å². The highest BCUT2D eigenvalue weighted by Gasteiger charge is 2.17. The van der Waals surface area contributed by atoms with Crippen molar-refractivity contribution in [3.05, 3.63) is 24.3 Å². The van der Waals surface area contributed by atoms with Gasteiger partial charge in [0.15, 0.2) is 0 Å². The summed E-state index contributed by atoms with van der Waals surface area (Å²) in [6, 6.07) is 0. The van der Waals surface area contributed by atoms with Crippen LogP contribution in [0.4, 0.5) is 0 Å². The van der Waals surface area contributed by atoms with Crippen molar-refractivity contribution in [2.45, 2.75) is 219 Å². The number of hydrogen-bond donors (Lipinski definition) is 2. The van der Waals surface area contributed by atoms with E-state index in [1.165, 1.54) is 205 Å². The van der Waals surface area contributed by atoms with E-state index >= 15 is 0 Å². The van der Waals surface area contributed by atoms with E-state index in [0.29, 0.717) is 13.1 Å². The fourth-order valence-electron chi connectivity index (χ4n) is 7.92. The molecule has 7 heteroatoms. The summed E-state index contributed by atoms with van der Waals surface area (Å²) in [5.41, 5.74) is 0. The average Bonchev–Trinajstić information content (AvgIpc) is 3.19. The van der Waals surface area contributed by atoms with E-state index in [0.717, 1.165) is 38.6 Å². The van der Waals surface area contributed by atoms with Crippen LogP contribution in [-0.4, -0.2) is 108 Å². The molecule has 0 aliphatic carbocycles. The first-order valence-electron chi connectivity index (χ1n) is 24.7. The van der Waals surface area contributed by atoms with Gasteiger partial charge >= 0.3 is 0 Å². The van der Waals surface area contributed by atoms with Crippen molar-refractivity contribution in [2.24, 2.45) is 0 Å². The van der Waals surface area contributed by atoms with Crippen molar-refractivity contribution in [2.75, 3.05) is 70.4 Å². The van der Waals surface area contributed by atoms with Crippen molar-refractivity contribution in [3.63, 3.8) is 0 Å². The van der Waals surface area contributed by atoms with Crippen molar-refractivity contribution in [1.29, 1.82) is 0 Å². The van der Waals surface area contributed by atoms with E-state index in [9.17, 15) is 10.2 Å². The molecule has 1 aliphatic rings. The molecule has 56 heavy (non-hydrogen) atoms. The SMILES string of the molecule is CCCCCCCC/C=C\CCCCCCC(O)CN(CCCCSSCCN1CCN(CCC)CC1)CC(O)CCCCCC/C=C\CCCCCCCC. The molecule has 0 aromatic carbocycles. The summed E-state index contributed by atoms with van der Waals surface area (Å²) in [6.07, 6.45) is 45.5. The summed E-state index contributed by atoms with van der Waals surface area (Å²) < 4.78 is 0. The maximum atomic E-state index is 11.0. The summed E-state index contributed by atoms with van der Waals surface area (Å²) in [4.78, 5) is 7.63. The molecule has 0 amide bonds. The Kier molecular flexibility index (Phi) is 41.5. The standard InChI is InChI=1S/C49H97N3O2S2/c1-4-7-9-11-13-15-17-19-21-23-25-27-29-31-35-48(53)46-52(38-33-34-44-55-56-45-43-51-41-39-50(37-6-3)40-42-51)47-49(54)36-32-30-28-26-24-22-20-18-16-14-12-10-8-5-2/h19-22,48-49,53-54H,4-18,23-47H2,1-3H3/b21-19-,22-20-. The predicted molar refractivity (Wildman–Crippen MR) is 255 cm³/mol. The molecule has 2 N–H and O–H groups in total. The summed E-state index contributed by atoms with van der Waals surface area (Å²) in [6.45, 7) is 16.6.